The normalized spacial score (nSPS) is 20.5. The standard InChI is InChI=1S/C24H27F2N9O3/c1-32-11-14(10-18(32)36)21(37)34-12-15(13-34)27-22-29-23(33-6-8-38-9-7-33)31-24(30-22)35-17-5-3-2-4-16(17)28-20(35)19(25)26/h2-5,14-15,19H,6-13H2,1H3,(H,27,29,30,31). The van der Waals surface area contributed by atoms with Crippen LogP contribution in [0, 0.1) is 5.92 Å². The summed E-state index contributed by atoms with van der Waals surface area (Å²) in [6.07, 6.45) is -2.61. The van der Waals surface area contributed by atoms with E-state index in [0.29, 0.717) is 62.9 Å². The van der Waals surface area contributed by atoms with Crippen molar-refractivity contribution in [3.63, 3.8) is 0 Å². The molecule has 3 aliphatic rings. The first-order chi connectivity index (χ1) is 18.4. The molecule has 1 unspecified atom stereocenters. The van der Waals surface area contributed by atoms with E-state index in [2.05, 4.69) is 25.3 Å². The number of amides is 2. The number of nitrogens with one attached hydrogen (secondary N) is 1. The minimum absolute atomic E-state index is 0.0258. The van der Waals surface area contributed by atoms with Gasteiger partial charge in [-0.25, -0.2) is 13.8 Å². The van der Waals surface area contributed by atoms with E-state index in [1.165, 1.54) is 4.57 Å². The molecule has 200 valence electrons. The van der Waals surface area contributed by atoms with Crippen molar-refractivity contribution in [2.45, 2.75) is 18.9 Å². The number of morpholine rings is 1. The number of para-hydroxylation sites is 2. The van der Waals surface area contributed by atoms with Crippen LogP contribution in [-0.4, -0.2) is 105 Å². The van der Waals surface area contributed by atoms with Crippen LogP contribution in [0.5, 0.6) is 0 Å². The van der Waals surface area contributed by atoms with Crippen molar-refractivity contribution in [2.75, 3.05) is 63.2 Å². The van der Waals surface area contributed by atoms with Crippen LogP contribution in [0.3, 0.4) is 0 Å². The quantitative estimate of drug-likeness (QED) is 0.502. The summed E-state index contributed by atoms with van der Waals surface area (Å²) in [6.45, 7) is 3.38. The Kier molecular flexibility index (Phi) is 6.26. The number of fused-ring (bicyclic) bond motifs is 1. The Morgan fingerprint density at radius 1 is 1.05 bits per heavy atom. The zero-order valence-electron chi connectivity index (χ0n) is 20.8. The number of nitrogens with zero attached hydrogens (tertiary/aromatic N) is 8. The largest absolute Gasteiger partial charge is 0.378 e. The summed E-state index contributed by atoms with van der Waals surface area (Å²) in [5.41, 5.74) is 0.874. The van der Waals surface area contributed by atoms with Gasteiger partial charge in [-0.05, 0) is 12.1 Å². The van der Waals surface area contributed by atoms with E-state index >= 15 is 0 Å². The second kappa shape index (κ2) is 9.74. The van der Waals surface area contributed by atoms with Gasteiger partial charge < -0.3 is 24.8 Å². The van der Waals surface area contributed by atoms with Gasteiger partial charge in [0.25, 0.3) is 6.43 Å². The van der Waals surface area contributed by atoms with Gasteiger partial charge >= 0.3 is 0 Å². The van der Waals surface area contributed by atoms with E-state index in [1.54, 1.807) is 41.1 Å². The van der Waals surface area contributed by atoms with Gasteiger partial charge in [0, 0.05) is 46.2 Å². The molecule has 1 N–H and O–H groups in total. The summed E-state index contributed by atoms with van der Waals surface area (Å²) in [7, 11) is 1.70. The Morgan fingerprint density at radius 3 is 2.50 bits per heavy atom. The fraction of sp³-hybridized carbons (Fsp3) is 0.500. The number of carbonyl (C=O) groups is 2. The van der Waals surface area contributed by atoms with Crippen molar-refractivity contribution < 1.29 is 23.1 Å². The summed E-state index contributed by atoms with van der Waals surface area (Å²) < 4.78 is 34.7. The molecule has 0 saturated carbocycles. The van der Waals surface area contributed by atoms with Gasteiger partial charge in [-0.1, -0.05) is 12.1 Å². The average molecular weight is 528 g/mol. The Bertz CT molecular complexity index is 1370. The van der Waals surface area contributed by atoms with E-state index in [4.69, 9.17) is 4.74 Å². The number of alkyl halides is 2. The lowest BCUT2D eigenvalue weighted by Gasteiger charge is -2.40. The van der Waals surface area contributed by atoms with Gasteiger partial charge in [0.15, 0.2) is 5.82 Å². The van der Waals surface area contributed by atoms with Gasteiger partial charge in [-0.15, -0.1) is 0 Å². The molecule has 38 heavy (non-hydrogen) atoms. The molecular formula is C24H27F2N9O3. The zero-order valence-corrected chi connectivity index (χ0v) is 20.8. The van der Waals surface area contributed by atoms with Crippen molar-refractivity contribution in [2.24, 2.45) is 5.92 Å². The predicted octanol–water partition coefficient (Wildman–Crippen LogP) is 1.09. The minimum Gasteiger partial charge on any atom is -0.378 e. The molecule has 3 aromatic rings. The third kappa shape index (κ3) is 4.48. The molecule has 3 fully saturated rings. The summed E-state index contributed by atoms with van der Waals surface area (Å²) in [5, 5.41) is 3.24. The number of likely N-dealkylation sites (tertiary alicyclic amines) is 2. The van der Waals surface area contributed by atoms with Crippen molar-refractivity contribution in [3.05, 3.63) is 30.1 Å². The number of halogens is 2. The number of anilines is 2. The van der Waals surface area contributed by atoms with Crippen LogP contribution in [-0.2, 0) is 14.3 Å². The van der Waals surface area contributed by atoms with E-state index in [0.717, 1.165) is 0 Å². The van der Waals surface area contributed by atoms with E-state index in [-0.39, 0.29) is 42.1 Å². The number of imidazole rings is 1. The Labute approximate surface area is 216 Å². The third-order valence-corrected chi connectivity index (χ3v) is 7.10. The number of aromatic nitrogens is 5. The van der Waals surface area contributed by atoms with Gasteiger partial charge in [-0.3, -0.25) is 14.2 Å². The van der Waals surface area contributed by atoms with Crippen molar-refractivity contribution in [3.8, 4) is 5.95 Å². The molecule has 14 heteroatoms. The van der Waals surface area contributed by atoms with Crippen LogP contribution in [0.2, 0.25) is 0 Å². The number of ether oxygens (including phenoxy) is 1. The van der Waals surface area contributed by atoms with E-state index < -0.39 is 12.2 Å². The lowest BCUT2D eigenvalue weighted by atomic mass is 10.0. The maximum atomic E-state index is 14.0. The minimum atomic E-state index is -2.84. The first-order valence-corrected chi connectivity index (χ1v) is 12.5. The molecule has 0 radical (unpaired) electrons. The molecule has 0 aliphatic carbocycles. The summed E-state index contributed by atoms with van der Waals surface area (Å²) in [5.74, 6) is -0.242. The van der Waals surface area contributed by atoms with Gasteiger partial charge in [0.05, 0.1) is 36.2 Å². The number of hydrogen-bond acceptors (Lipinski definition) is 9. The number of benzene rings is 1. The second-order valence-corrected chi connectivity index (χ2v) is 9.71. The molecule has 3 aliphatic heterocycles. The molecule has 0 bridgehead atoms. The summed E-state index contributed by atoms with van der Waals surface area (Å²) >= 11 is 0. The third-order valence-electron chi connectivity index (χ3n) is 7.10. The molecule has 12 nitrogen and oxygen atoms in total. The fourth-order valence-electron chi connectivity index (χ4n) is 5.04. The maximum absolute atomic E-state index is 14.0. The van der Waals surface area contributed by atoms with Gasteiger partial charge in [0.2, 0.25) is 29.7 Å². The van der Waals surface area contributed by atoms with Crippen LogP contribution in [0.4, 0.5) is 20.7 Å². The molecule has 5 heterocycles. The molecule has 1 atom stereocenters. The number of hydrogen-bond donors (Lipinski definition) is 1. The van der Waals surface area contributed by atoms with Crippen molar-refractivity contribution >= 4 is 34.7 Å². The van der Waals surface area contributed by atoms with Crippen LogP contribution in [0.1, 0.15) is 18.7 Å². The summed E-state index contributed by atoms with van der Waals surface area (Å²) in [6, 6.07) is 6.71. The molecule has 2 amide bonds. The maximum Gasteiger partial charge on any atom is 0.296 e. The lowest BCUT2D eigenvalue weighted by molar-refractivity contribution is -0.139. The SMILES string of the molecule is CN1CC(C(=O)N2CC(Nc3nc(N4CCOCC4)nc(-n4c(C(F)F)nc5ccccc54)n3)C2)CC1=O. The fourth-order valence-corrected chi connectivity index (χ4v) is 5.04. The Balaban J connectivity index is 1.27. The Hall–Kier alpha value is -3.94. The number of carbonyl (C=O) groups excluding carboxylic acids is 2. The van der Waals surface area contributed by atoms with Crippen LogP contribution in [0.15, 0.2) is 24.3 Å². The van der Waals surface area contributed by atoms with E-state index in [9.17, 15) is 18.4 Å². The van der Waals surface area contributed by atoms with E-state index in [1.807, 2.05) is 4.90 Å². The zero-order chi connectivity index (χ0) is 26.4. The first-order valence-electron chi connectivity index (χ1n) is 12.5. The smallest absolute Gasteiger partial charge is 0.296 e. The highest BCUT2D eigenvalue weighted by Crippen LogP contribution is 2.28. The molecule has 3 saturated heterocycles. The molecule has 6 rings (SSSR count). The monoisotopic (exact) mass is 527 g/mol. The van der Waals surface area contributed by atoms with Crippen LogP contribution >= 0.6 is 0 Å². The molecule has 1 aromatic carbocycles. The first kappa shape index (κ1) is 24.4. The molecule has 2 aromatic heterocycles. The Morgan fingerprint density at radius 2 is 1.79 bits per heavy atom. The highest BCUT2D eigenvalue weighted by molar-refractivity contribution is 5.89. The predicted molar refractivity (Wildman–Crippen MR) is 132 cm³/mol. The topological polar surface area (TPSA) is 122 Å². The number of rotatable bonds is 6. The van der Waals surface area contributed by atoms with Crippen LogP contribution < -0.4 is 10.2 Å². The molecule has 0 spiro atoms. The van der Waals surface area contributed by atoms with Gasteiger partial charge in [0.1, 0.15) is 0 Å². The average Bonchev–Trinajstić information content (AvgIpc) is 3.46. The lowest BCUT2D eigenvalue weighted by Crippen LogP contribution is -2.58. The summed E-state index contributed by atoms with van der Waals surface area (Å²) in [4.78, 5) is 47.5. The highest BCUT2D eigenvalue weighted by Gasteiger charge is 2.39. The van der Waals surface area contributed by atoms with Crippen LogP contribution in [0.25, 0.3) is 17.0 Å². The van der Waals surface area contributed by atoms with Crippen molar-refractivity contribution in [1.29, 1.82) is 0 Å². The van der Waals surface area contributed by atoms with Gasteiger partial charge in [-0.2, -0.15) is 15.0 Å². The second-order valence-electron chi connectivity index (χ2n) is 9.71. The molecular weight excluding hydrogens is 500 g/mol. The van der Waals surface area contributed by atoms with Crippen molar-refractivity contribution in [1.82, 2.24) is 34.3 Å². The highest BCUT2D eigenvalue weighted by atomic mass is 19.3.